The maximum absolute atomic E-state index is 12.2. The SMILES string of the molecule is COCCn1c(CCNC(=O)c2cccc(Cl)c2)nc2ccccc21. The van der Waals surface area contributed by atoms with Crippen LogP contribution in [0, 0.1) is 0 Å². The summed E-state index contributed by atoms with van der Waals surface area (Å²) >= 11 is 5.93. The second-order valence-corrected chi connectivity index (χ2v) is 6.11. The van der Waals surface area contributed by atoms with Gasteiger partial charge in [0, 0.05) is 37.2 Å². The van der Waals surface area contributed by atoms with Gasteiger partial charge >= 0.3 is 0 Å². The summed E-state index contributed by atoms with van der Waals surface area (Å²) in [4.78, 5) is 16.9. The van der Waals surface area contributed by atoms with E-state index in [0.717, 1.165) is 23.4 Å². The van der Waals surface area contributed by atoms with E-state index < -0.39 is 0 Å². The third-order valence-corrected chi connectivity index (χ3v) is 4.21. The summed E-state index contributed by atoms with van der Waals surface area (Å²) < 4.78 is 7.34. The van der Waals surface area contributed by atoms with Gasteiger partial charge in [-0.2, -0.15) is 0 Å². The summed E-state index contributed by atoms with van der Waals surface area (Å²) in [6.07, 6.45) is 0.644. The van der Waals surface area contributed by atoms with Gasteiger partial charge in [0.1, 0.15) is 5.82 Å². The smallest absolute Gasteiger partial charge is 0.251 e. The quantitative estimate of drug-likeness (QED) is 0.705. The maximum atomic E-state index is 12.2. The van der Waals surface area contributed by atoms with Gasteiger partial charge in [0.2, 0.25) is 0 Å². The number of halogens is 1. The highest BCUT2D eigenvalue weighted by atomic mass is 35.5. The zero-order valence-corrected chi connectivity index (χ0v) is 14.8. The molecule has 1 aromatic heterocycles. The van der Waals surface area contributed by atoms with Crippen LogP contribution in [0.1, 0.15) is 16.2 Å². The predicted octanol–water partition coefficient (Wildman–Crippen LogP) is 3.31. The third-order valence-electron chi connectivity index (χ3n) is 3.97. The molecule has 2 aromatic carbocycles. The Morgan fingerprint density at radius 1 is 1.24 bits per heavy atom. The number of rotatable bonds is 7. The van der Waals surface area contributed by atoms with E-state index in [-0.39, 0.29) is 5.91 Å². The van der Waals surface area contributed by atoms with Gasteiger partial charge in [0.05, 0.1) is 17.6 Å². The molecule has 5 nitrogen and oxygen atoms in total. The lowest BCUT2D eigenvalue weighted by Gasteiger charge is -2.09. The van der Waals surface area contributed by atoms with E-state index in [1.165, 1.54) is 0 Å². The molecule has 0 atom stereocenters. The lowest BCUT2D eigenvalue weighted by Crippen LogP contribution is -2.26. The van der Waals surface area contributed by atoms with Crippen LogP contribution in [0.5, 0.6) is 0 Å². The number of carbonyl (C=O) groups excluding carboxylic acids is 1. The van der Waals surface area contributed by atoms with Crippen LogP contribution in [0.2, 0.25) is 5.02 Å². The number of hydrogen-bond acceptors (Lipinski definition) is 3. The number of benzene rings is 2. The number of ether oxygens (including phenoxy) is 1. The molecule has 0 saturated carbocycles. The summed E-state index contributed by atoms with van der Waals surface area (Å²) in [5.41, 5.74) is 2.59. The Kier molecular flexibility index (Phi) is 5.68. The number of imidazole rings is 1. The number of hydrogen-bond donors (Lipinski definition) is 1. The van der Waals surface area contributed by atoms with Crippen molar-refractivity contribution in [1.29, 1.82) is 0 Å². The first kappa shape index (κ1) is 17.5. The Labute approximate surface area is 151 Å². The van der Waals surface area contributed by atoms with E-state index in [2.05, 4.69) is 14.9 Å². The van der Waals surface area contributed by atoms with Gasteiger partial charge in [-0.3, -0.25) is 4.79 Å². The van der Waals surface area contributed by atoms with E-state index in [4.69, 9.17) is 16.3 Å². The fraction of sp³-hybridized carbons (Fsp3) is 0.263. The van der Waals surface area contributed by atoms with Crippen molar-refractivity contribution < 1.29 is 9.53 Å². The normalized spacial score (nSPS) is 11.0. The molecular formula is C19H20ClN3O2. The van der Waals surface area contributed by atoms with Crippen LogP contribution < -0.4 is 5.32 Å². The Balaban J connectivity index is 1.69. The molecule has 25 heavy (non-hydrogen) atoms. The number of fused-ring (bicyclic) bond motifs is 1. The summed E-state index contributed by atoms with van der Waals surface area (Å²) in [7, 11) is 1.68. The highest BCUT2D eigenvalue weighted by Crippen LogP contribution is 2.16. The van der Waals surface area contributed by atoms with Crippen LogP contribution in [0.15, 0.2) is 48.5 Å². The largest absolute Gasteiger partial charge is 0.383 e. The Morgan fingerprint density at radius 2 is 2.08 bits per heavy atom. The second kappa shape index (κ2) is 8.14. The molecule has 0 unspecified atom stereocenters. The van der Waals surface area contributed by atoms with Crippen molar-refractivity contribution in [1.82, 2.24) is 14.9 Å². The average molecular weight is 358 g/mol. The van der Waals surface area contributed by atoms with Crippen molar-refractivity contribution in [2.75, 3.05) is 20.3 Å². The van der Waals surface area contributed by atoms with Gasteiger partial charge in [-0.1, -0.05) is 29.8 Å². The number of nitrogens with zero attached hydrogens (tertiary/aromatic N) is 2. The van der Waals surface area contributed by atoms with Gasteiger partial charge in [-0.25, -0.2) is 4.98 Å². The van der Waals surface area contributed by atoms with Gasteiger partial charge in [-0.15, -0.1) is 0 Å². The number of amides is 1. The maximum Gasteiger partial charge on any atom is 0.251 e. The fourth-order valence-corrected chi connectivity index (χ4v) is 2.96. The highest BCUT2D eigenvalue weighted by Gasteiger charge is 2.11. The lowest BCUT2D eigenvalue weighted by atomic mass is 10.2. The van der Waals surface area contributed by atoms with Crippen molar-refractivity contribution in [3.05, 3.63) is 64.9 Å². The molecule has 0 fully saturated rings. The van der Waals surface area contributed by atoms with Crippen molar-refractivity contribution in [2.45, 2.75) is 13.0 Å². The molecule has 0 bridgehead atoms. The minimum absolute atomic E-state index is 0.137. The number of methoxy groups -OCH3 is 1. The molecule has 0 aliphatic carbocycles. The van der Waals surface area contributed by atoms with Crippen LogP contribution in [0.4, 0.5) is 0 Å². The van der Waals surface area contributed by atoms with E-state index in [0.29, 0.717) is 30.2 Å². The van der Waals surface area contributed by atoms with Gasteiger partial charge in [0.25, 0.3) is 5.91 Å². The van der Waals surface area contributed by atoms with Crippen LogP contribution in [0.25, 0.3) is 11.0 Å². The predicted molar refractivity (Wildman–Crippen MR) is 99.1 cm³/mol. The molecule has 0 aliphatic rings. The molecule has 1 amide bonds. The first-order valence-corrected chi connectivity index (χ1v) is 8.53. The molecular weight excluding hydrogens is 338 g/mol. The van der Waals surface area contributed by atoms with Gasteiger partial charge < -0.3 is 14.6 Å². The topological polar surface area (TPSA) is 56.1 Å². The lowest BCUT2D eigenvalue weighted by molar-refractivity contribution is 0.0954. The molecule has 0 spiro atoms. The average Bonchev–Trinajstić information content (AvgIpc) is 2.97. The Bertz CT molecular complexity index is 876. The third kappa shape index (κ3) is 4.18. The molecule has 3 rings (SSSR count). The number of para-hydroxylation sites is 2. The standard InChI is InChI=1S/C19H20ClN3O2/c1-25-12-11-23-17-8-3-2-7-16(17)22-18(23)9-10-21-19(24)14-5-4-6-15(20)13-14/h2-8,13H,9-12H2,1H3,(H,21,24). The van der Waals surface area contributed by atoms with E-state index in [1.54, 1.807) is 31.4 Å². The molecule has 130 valence electrons. The first-order valence-electron chi connectivity index (χ1n) is 8.16. The Hall–Kier alpha value is -2.37. The van der Waals surface area contributed by atoms with Crippen molar-refractivity contribution >= 4 is 28.5 Å². The number of carbonyl (C=O) groups is 1. The highest BCUT2D eigenvalue weighted by molar-refractivity contribution is 6.30. The summed E-state index contributed by atoms with van der Waals surface area (Å²) in [6.45, 7) is 1.85. The van der Waals surface area contributed by atoms with E-state index in [9.17, 15) is 4.79 Å². The molecule has 1 heterocycles. The van der Waals surface area contributed by atoms with Crippen LogP contribution in [-0.2, 0) is 17.7 Å². The Morgan fingerprint density at radius 3 is 2.88 bits per heavy atom. The number of nitrogens with one attached hydrogen (secondary N) is 1. The molecule has 0 aliphatic heterocycles. The summed E-state index contributed by atoms with van der Waals surface area (Å²) in [5.74, 6) is 0.798. The molecule has 0 radical (unpaired) electrons. The number of aromatic nitrogens is 2. The van der Waals surface area contributed by atoms with Crippen LogP contribution in [0.3, 0.4) is 0 Å². The minimum atomic E-state index is -0.137. The summed E-state index contributed by atoms with van der Waals surface area (Å²) in [6, 6.07) is 14.9. The second-order valence-electron chi connectivity index (χ2n) is 5.68. The van der Waals surface area contributed by atoms with Crippen molar-refractivity contribution in [2.24, 2.45) is 0 Å². The first-order chi connectivity index (χ1) is 12.2. The van der Waals surface area contributed by atoms with Crippen molar-refractivity contribution in [3.63, 3.8) is 0 Å². The van der Waals surface area contributed by atoms with Crippen LogP contribution >= 0.6 is 11.6 Å². The van der Waals surface area contributed by atoms with E-state index >= 15 is 0 Å². The van der Waals surface area contributed by atoms with Crippen molar-refractivity contribution in [3.8, 4) is 0 Å². The summed E-state index contributed by atoms with van der Waals surface area (Å²) in [5, 5.41) is 3.47. The zero-order chi connectivity index (χ0) is 17.6. The minimum Gasteiger partial charge on any atom is -0.383 e. The van der Waals surface area contributed by atoms with Gasteiger partial charge in [0.15, 0.2) is 0 Å². The van der Waals surface area contributed by atoms with Crippen LogP contribution in [-0.4, -0.2) is 35.7 Å². The molecule has 0 saturated heterocycles. The molecule has 6 heteroatoms. The van der Waals surface area contributed by atoms with E-state index in [1.807, 2.05) is 24.3 Å². The molecule has 3 aromatic rings. The van der Waals surface area contributed by atoms with Gasteiger partial charge in [-0.05, 0) is 30.3 Å². The molecule has 1 N–H and O–H groups in total. The fourth-order valence-electron chi connectivity index (χ4n) is 2.77. The zero-order valence-electron chi connectivity index (χ0n) is 14.0. The monoisotopic (exact) mass is 357 g/mol.